The minimum absolute atomic E-state index is 0.000268. The monoisotopic (exact) mass is 298 g/mol. The summed E-state index contributed by atoms with van der Waals surface area (Å²) >= 11 is 0. The summed E-state index contributed by atoms with van der Waals surface area (Å²) in [5.74, 6) is -1.12. The third-order valence-corrected chi connectivity index (χ3v) is 3.28. The molecule has 0 saturated heterocycles. The van der Waals surface area contributed by atoms with Crippen molar-refractivity contribution >= 4 is 11.6 Å². The highest BCUT2D eigenvalue weighted by atomic mass is 16.5. The molecule has 0 aliphatic carbocycles. The highest BCUT2D eigenvalue weighted by Crippen LogP contribution is 2.23. The van der Waals surface area contributed by atoms with Crippen LogP contribution in [0.25, 0.3) is 5.65 Å². The molecule has 0 atom stereocenters. The van der Waals surface area contributed by atoms with Gasteiger partial charge in [0.2, 0.25) is 0 Å². The van der Waals surface area contributed by atoms with E-state index in [1.165, 1.54) is 12.1 Å². The molecule has 3 rings (SSSR count). The number of carbonyl (C=O) groups excluding carboxylic acids is 1. The second-order valence-electron chi connectivity index (χ2n) is 4.93. The van der Waals surface area contributed by atoms with E-state index in [9.17, 15) is 15.0 Å². The zero-order chi connectivity index (χ0) is 15.7. The molecule has 1 aromatic carbocycles. The van der Waals surface area contributed by atoms with Gasteiger partial charge >= 0.3 is 5.97 Å². The van der Waals surface area contributed by atoms with Crippen molar-refractivity contribution in [1.82, 2.24) is 9.38 Å². The number of pyridine rings is 1. The molecule has 2 N–H and O–H groups in total. The van der Waals surface area contributed by atoms with Crippen molar-refractivity contribution in [3.8, 4) is 11.5 Å². The first-order valence-electron chi connectivity index (χ1n) is 6.67. The Kier molecular flexibility index (Phi) is 3.42. The van der Waals surface area contributed by atoms with E-state index in [0.717, 1.165) is 17.3 Å². The maximum atomic E-state index is 11.9. The van der Waals surface area contributed by atoms with E-state index in [4.69, 9.17) is 4.74 Å². The minimum atomic E-state index is -0.675. The lowest BCUT2D eigenvalue weighted by Gasteiger charge is -2.05. The first-order chi connectivity index (χ1) is 10.5. The average molecular weight is 298 g/mol. The normalized spacial score (nSPS) is 10.8. The molecular formula is C16H14N2O4. The van der Waals surface area contributed by atoms with Crippen molar-refractivity contribution in [2.75, 3.05) is 0 Å². The number of imidazole rings is 1. The van der Waals surface area contributed by atoms with Crippen LogP contribution >= 0.6 is 0 Å². The lowest BCUT2D eigenvalue weighted by atomic mass is 10.2. The lowest BCUT2D eigenvalue weighted by molar-refractivity contribution is 0.0465. The van der Waals surface area contributed by atoms with Gasteiger partial charge in [0, 0.05) is 18.5 Å². The van der Waals surface area contributed by atoms with Gasteiger partial charge in [0.25, 0.3) is 0 Å². The van der Waals surface area contributed by atoms with Gasteiger partial charge < -0.3 is 19.4 Å². The summed E-state index contributed by atoms with van der Waals surface area (Å²) in [6.07, 6.45) is 3.65. The first-order valence-corrected chi connectivity index (χ1v) is 6.67. The van der Waals surface area contributed by atoms with Gasteiger partial charge in [-0.25, -0.2) is 9.78 Å². The van der Waals surface area contributed by atoms with Crippen LogP contribution in [-0.4, -0.2) is 25.6 Å². The number of benzene rings is 1. The topological polar surface area (TPSA) is 84.1 Å². The number of aromatic nitrogens is 2. The van der Waals surface area contributed by atoms with Crippen molar-refractivity contribution < 1.29 is 19.7 Å². The summed E-state index contributed by atoms with van der Waals surface area (Å²) in [4.78, 5) is 16.3. The largest absolute Gasteiger partial charge is 0.508 e. The van der Waals surface area contributed by atoms with Gasteiger partial charge in [0.15, 0.2) is 0 Å². The minimum Gasteiger partial charge on any atom is -0.508 e. The van der Waals surface area contributed by atoms with Gasteiger partial charge in [-0.1, -0.05) is 6.07 Å². The second kappa shape index (κ2) is 5.40. The molecule has 0 unspecified atom stereocenters. The predicted octanol–water partition coefficient (Wildman–Crippen LogP) is 2.41. The van der Waals surface area contributed by atoms with E-state index in [1.807, 2.05) is 29.7 Å². The first kappa shape index (κ1) is 13.9. The fourth-order valence-electron chi connectivity index (χ4n) is 2.18. The van der Waals surface area contributed by atoms with E-state index in [2.05, 4.69) is 4.98 Å². The molecule has 0 fully saturated rings. The molecule has 0 spiro atoms. The smallest absolute Gasteiger partial charge is 0.342 e. The van der Waals surface area contributed by atoms with Crippen LogP contribution in [0.3, 0.4) is 0 Å². The van der Waals surface area contributed by atoms with E-state index in [1.54, 1.807) is 6.20 Å². The molecule has 0 radical (unpaired) electrons. The summed E-state index contributed by atoms with van der Waals surface area (Å²) in [5, 5.41) is 18.8. The number of phenolic OH excluding ortho intramolecular Hbond substituents is 2. The number of nitrogens with zero attached hydrogens (tertiary/aromatic N) is 2. The van der Waals surface area contributed by atoms with Gasteiger partial charge in [-0.2, -0.15) is 0 Å². The van der Waals surface area contributed by atoms with Crippen LogP contribution in [0.5, 0.6) is 11.5 Å². The van der Waals surface area contributed by atoms with Crippen molar-refractivity contribution in [3.63, 3.8) is 0 Å². The van der Waals surface area contributed by atoms with Gasteiger partial charge in [-0.15, -0.1) is 0 Å². The van der Waals surface area contributed by atoms with Crippen LogP contribution in [-0.2, 0) is 11.3 Å². The molecule has 3 aromatic rings. The van der Waals surface area contributed by atoms with E-state index in [-0.39, 0.29) is 23.7 Å². The molecule has 2 heterocycles. The van der Waals surface area contributed by atoms with E-state index >= 15 is 0 Å². The molecule has 22 heavy (non-hydrogen) atoms. The number of fused-ring (bicyclic) bond motifs is 1. The summed E-state index contributed by atoms with van der Waals surface area (Å²) in [5.41, 5.74) is 2.44. The molecule has 0 saturated carbocycles. The Balaban J connectivity index is 1.76. The number of aromatic hydroxyl groups is 2. The van der Waals surface area contributed by atoms with E-state index in [0.29, 0.717) is 5.69 Å². The zero-order valence-electron chi connectivity index (χ0n) is 11.9. The molecule has 2 aromatic heterocycles. The number of carbonyl (C=O) groups is 1. The summed E-state index contributed by atoms with van der Waals surface area (Å²) in [6.45, 7) is 1.95. The van der Waals surface area contributed by atoms with Crippen molar-refractivity contribution in [1.29, 1.82) is 0 Å². The Labute approximate surface area is 126 Å². The quantitative estimate of drug-likeness (QED) is 0.725. The Bertz CT molecular complexity index is 854. The number of aryl methyl sites for hydroxylation is 1. The summed E-state index contributed by atoms with van der Waals surface area (Å²) in [7, 11) is 0. The fraction of sp³-hybridized carbons (Fsp3) is 0.125. The lowest BCUT2D eigenvalue weighted by Crippen LogP contribution is -2.05. The second-order valence-corrected chi connectivity index (χ2v) is 4.93. The predicted molar refractivity (Wildman–Crippen MR) is 78.8 cm³/mol. The van der Waals surface area contributed by atoms with Crippen molar-refractivity contribution in [2.45, 2.75) is 13.5 Å². The highest BCUT2D eigenvalue weighted by Gasteiger charge is 2.14. The maximum Gasteiger partial charge on any atom is 0.342 e. The van der Waals surface area contributed by atoms with Crippen LogP contribution in [0.4, 0.5) is 0 Å². The van der Waals surface area contributed by atoms with Crippen molar-refractivity contribution in [3.05, 3.63) is 59.5 Å². The fourth-order valence-corrected chi connectivity index (χ4v) is 2.18. The van der Waals surface area contributed by atoms with Crippen LogP contribution in [0.1, 0.15) is 21.6 Å². The summed E-state index contributed by atoms with van der Waals surface area (Å²) < 4.78 is 7.01. The van der Waals surface area contributed by atoms with Crippen LogP contribution in [0.2, 0.25) is 0 Å². The van der Waals surface area contributed by atoms with Crippen LogP contribution in [0, 0.1) is 6.92 Å². The maximum absolute atomic E-state index is 11.9. The molecule has 6 heteroatoms. The number of hydrogen-bond donors (Lipinski definition) is 2. The Morgan fingerprint density at radius 3 is 2.86 bits per heavy atom. The number of ether oxygens (including phenoxy) is 1. The molecule has 0 aliphatic heterocycles. The Morgan fingerprint density at radius 2 is 2.14 bits per heavy atom. The molecule has 112 valence electrons. The van der Waals surface area contributed by atoms with Crippen LogP contribution < -0.4 is 0 Å². The number of phenols is 2. The standard InChI is InChI=1S/C16H14N2O4/c1-10-3-2-6-18-8-11(17-15(10)18)9-22-16(21)13-5-4-12(19)7-14(13)20/h2-8,19-20H,9H2,1H3. The highest BCUT2D eigenvalue weighted by molar-refractivity contribution is 5.92. The van der Waals surface area contributed by atoms with Gasteiger partial charge in [-0.3, -0.25) is 0 Å². The third-order valence-electron chi connectivity index (χ3n) is 3.28. The number of hydrogen-bond acceptors (Lipinski definition) is 5. The molecule has 6 nitrogen and oxygen atoms in total. The van der Waals surface area contributed by atoms with Gasteiger partial charge in [-0.05, 0) is 30.7 Å². The molecule has 0 bridgehead atoms. The van der Waals surface area contributed by atoms with E-state index < -0.39 is 5.97 Å². The van der Waals surface area contributed by atoms with Gasteiger partial charge in [0.1, 0.15) is 29.3 Å². The SMILES string of the molecule is Cc1cccn2cc(COC(=O)c3ccc(O)cc3O)nc12. The number of esters is 1. The summed E-state index contributed by atoms with van der Waals surface area (Å²) in [6, 6.07) is 7.57. The van der Waals surface area contributed by atoms with Gasteiger partial charge in [0.05, 0.1) is 5.69 Å². The Morgan fingerprint density at radius 1 is 1.32 bits per heavy atom. The third kappa shape index (κ3) is 2.58. The molecular weight excluding hydrogens is 284 g/mol. The average Bonchev–Trinajstić information content (AvgIpc) is 2.89. The van der Waals surface area contributed by atoms with Crippen molar-refractivity contribution in [2.24, 2.45) is 0 Å². The number of rotatable bonds is 3. The Hall–Kier alpha value is -3.02. The molecule has 0 aliphatic rings. The van der Waals surface area contributed by atoms with Crippen LogP contribution in [0.15, 0.2) is 42.7 Å². The zero-order valence-corrected chi connectivity index (χ0v) is 11.9. The molecule has 0 amide bonds.